The molecule has 0 bridgehead atoms. The molecule has 3 unspecified atom stereocenters. The molecule has 0 saturated heterocycles. The zero-order valence-electron chi connectivity index (χ0n) is 7.96. The monoisotopic (exact) mass is 167 g/mol. The lowest BCUT2D eigenvalue weighted by atomic mass is 9.64. The summed E-state index contributed by atoms with van der Waals surface area (Å²) in [5.41, 5.74) is -0.0227. The van der Waals surface area contributed by atoms with Crippen molar-refractivity contribution in [1.29, 1.82) is 0 Å². The van der Waals surface area contributed by atoms with Gasteiger partial charge in [-0.1, -0.05) is 19.8 Å². The van der Waals surface area contributed by atoms with Crippen LogP contribution in [-0.2, 0) is 0 Å². The highest BCUT2D eigenvalue weighted by molar-refractivity contribution is 5.06. The van der Waals surface area contributed by atoms with Gasteiger partial charge in [-0.3, -0.25) is 0 Å². The summed E-state index contributed by atoms with van der Waals surface area (Å²) >= 11 is 0. The van der Waals surface area contributed by atoms with Gasteiger partial charge in [0.25, 0.3) is 0 Å². The first-order valence-electron chi connectivity index (χ1n) is 4.38. The normalized spacial score (nSPS) is 34.9. The van der Waals surface area contributed by atoms with Gasteiger partial charge < -0.3 is 10.4 Å². The van der Waals surface area contributed by atoms with E-state index in [1.54, 1.807) is 0 Å². The topological polar surface area (TPSA) is 32.3 Å². The third-order valence-electron chi connectivity index (χ3n) is 2.92. The molecule has 0 aromatic heterocycles. The first kappa shape index (κ1) is 9.57. The van der Waals surface area contributed by atoms with Crippen LogP contribution in [0.15, 0.2) is 0 Å². The Kier molecular flexibility index (Phi) is 2.46. The van der Waals surface area contributed by atoms with Gasteiger partial charge in [-0.2, -0.15) is 0 Å². The molecule has 0 spiro atoms. The van der Waals surface area contributed by atoms with Gasteiger partial charge in [-0.05, 0) is 13.3 Å². The van der Waals surface area contributed by atoms with Crippen LogP contribution in [0.25, 0.3) is 0 Å². The third-order valence-corrected chi connectivity index (χ3v) is 2.92. The number of aliphatic hydroxyl groups is 1. The van der Waals surface area contributed by atoms with Crippen LogP contribution >= 0.6 is 0 Å². The number of rotatable bonds is 2. The van der Waals surface area contributed by atoms with Crippen molar-refractivity contribution < 1.29 is 5.11 Å². The van der Waals surface area contributed by atoms with Crippen LogP contribution < -0.4 is 5.32 Å². The lowest BCUT2D eigenvalue weighted by Gasteiger charge is -2.50. The van der Waals surface area contributed by atoms with Crippen LogP contribution in [0.1, 0.15) is 27.2 Å². The fourth-order valence-electron chi connectivity index (χ4n) is 1.54. The second kappa shape index (κ2) is 3.08. The van der Waals surface area contributed by atoms with Crippen molar-refractivity contribution in [1.82, 2.24) is 5.32 Å². The van der Waals surface area contributed by atoms with Crippen molar-refractivity contribution in [3.05, 3.63) is 0 Å². The summed E-state index contributed by atoms with van der Waals surface area (Å²) in [7, 11) is 0. The first-order chi connectivity index (χ1) is 5.48. The van der Waals surface area contributed by atoms with Crippen molar-refractivity contribution in [2.24, 2.45) is 5.41 Å². The molecule has 1 fully saturated rings. The van der Waals surface area contributed by atoms with Crippen LogP contribution in [0.3, 0.4) is 0 Å². The summed E-state index contributed by atoms with van der Waals surface area (Å²) in [5, 5.41) is 12.7. The largest absolute Gasteiger partial charge is 0.392 e. The molecule has 0 amide bonds. The number of aliphatic hydroxyl groups excluding tert-OH is 1. The van der Waals surface area contributed by atoms with E-state index in [-0.39, 0.29) is 17.6 Å². The summed E-state index contributed by atoms with van der Waals surface area (Å²) in [4.78, 5) is 0. The summed E-state index contributed by atoms with van der Waals surface area (Å²) in [6.07, 6.45) is 5.89. The Morgan fingerprint density at radius 1 is 1.67 bits per heavy atom. The molecular formula is C10H17NO. The predicted octanol–water partition coefficient (Wildman–Crippen LogP) is 0.757. The van der Waals surface area contributed by atoms with Gasteiger partial charge in [-0.15, -0.1) is 6.42 Å². The zero-order valence-corrected chi connectivity index (χ0v) is 7.96. The number of hydrogen-bond acceptors (Lipinski definition) is 2. The van der Waals surface area contributed by atoms with Gasteiger partial charge in [0.15, 0.2) is 0 Å². The second-order valence-electron chi connectivity index (χ2n) is 4.18. The maximum Gasteiger partial charge on any atom is 0.0660 e. The minimum Gasteiger partial charge on any atom is -0.392 e. The first-order valence-corrected chi connectivity index (χ1v) is 4.38. The zero-order chi connectivity index (χ0) is 9.35. The molecule has 1 aliphatic carbocycles. The van der Waals surface area contributed by atoms with E-state index in [1.165, 1.54) is 0 Å². The molecule has 68 valence electrons. The van der Waals surface area contributed by atoms with Crippen LogP contribution in [-0.4, -0.2) is 23.3 Å². The molecule has 1 rings (SSSR count). The van der Waals surface area contributed by atoms with Gasteiger partial charge in [0.2, 0.25) is 0 Å². The van der Waals surface area contributed by atoms with Gasteiger partial charge >= 0.3 is 0 Å². The quantitative estimate of drug-likeness (QED) is 0.595. The van der Waals surface area contributed by atoms with E-state index >= 15 is 0 Å². The predicted molar refractivity (Wildman–Crippen MR) is 49.6 cm³/mol. The molecule has 2 nitrogen and oxygen atoms in total. The van der Waals surface area contributed by atoms with Crippen molar-refractivity contribution in [3.8, 4) is 12.3 Å². The SMILES string of the molecule is C#CC(C)NC1CC(O)C1(C)C. The van der Waals surface area contributed by atoms with Crippen LogP contribution in [0.4, 0.5) is 0 Å². The highest BCUT2D eigenvalue weighted by atomic mass is 16.3. The Morgan fingerprint density at radius 2 is 2.25 bits per heavy atom. The van der Waals surface area contributed by atoms with Crippen LogP contribution in [0.2, 0.25) is 0 Å². The average Bonchev–Trinajstić information content (AvgIpc) is 2.03. The number of terminal acetylenes is 1. The molecule has 2 heteroatoms. The summed E-state index contributed by atoms with van der Waals surface area (Å²) in [6, 6.07) is 0.459. The Bertz CT molecular complexity index is 204. The van der Waals surface area contributed by atoms with Crippen molar-refractivity contribution in [3.63, 3.8) is 0 Å². The van der Waals surface area contributed by atoms with E-state index in [1.807, 2.05) is 6.92 Å². The molecule has 2 N–H and O–H groups in total. The molecule has 3 atom stereocenters. The Balaban J connectivity index is 2.43. The van der Waals surface area contributed by atoms with Crippen molar-refractivity contribution in [2.45, 2.75) is 45.4 Å². The Morgan fingerprint density at radius 3 is 2.58 bits per heavy atom. The molecular weight excluding hydrogens is 150 g/mol. The number of nitrogens with one attached hydrogen (secondary N) is 1. The molecule has 0 radical (unpaired) electrons. The fraction of sp³-hybridized carbons (Fsp3) is 0.800. The maximum atomic E-state index is 9.44. The van der Waals surface area contributed by atoms with Crippen LogP contribution in [0, 0.1) is 17.8 Å². The van der Waals surface area contributed by atoms with Gasteiger partial charge in [0.05, 0.1) is 12.1 Å². The summed E-state index contributed by atoms with van der Waals surface area (Å²) < 4.78 is 0. The molecule has 0 heterocycles. The molecule has 1 aliphatic rings. The highest BCUT2D eigenvalue weighted by Crippen LogP contribution is 2.40. The van der Waals surface area contributed by atoms with Gasteiger partial charge in [-0.25, -0.2) is 0 Å². The van der Waals surface area contributed by atoms with Crippen LogP contribution in [0.5, 0.6) is 0 Å². The molecule has 0 aliphatic heterocycles. The maximum absolute atomic E-state index is 9.44. The average molecular weight is 167 g/mol. The van der Waals surface area contributed by atoms with Gasteiger partial charge in [0, 0.05) is 11.5 Å². The lowest BCUT2D eigenvalue weighted by molar-refractivity contribution is -0.0736. The van der Waals surface area contributed by atoms with E-state index < -0.39 is 0 Å². The van der Waals surface area contributed by atoms with E-state index in [9.17, 15) is 5.11 Å². The summed E-state index contributed by atoms with van der Waals surface area (Å²) in [5.74, 6) is 2.62. The Hall–Kier alpha value is -0.520. The minimum atomic E-state index is -0.181. The standard InChI is InChI=1S/C10H17NO/c1-5-7(2)11-8-6-9(12)10(8,3)4/h1,7-9,11-12H,6H2,2-4H3. The van der Waals surface area contributed by atoms with Gasteiger partial charge in [0.1, 0.15) is 0 Å². The third kappa shape index (κ3) is 1.48. The van der Waals surface area contributed by atoms with E-state index in [0.717, 1.165) is 6.42 Å². The molecule has 0 aromatic carbocycles. The minimum absolute atomic E-state index is 0.0227. The summed E-state index contributed by atoms with van der Waals surface area (Å²) in [6.45, 7) is 6.07. The highest BCUT2D eigenvalue weighted by Gasteiger charge is 2.47. The van der Waals surface area contributed by atoms with Crippen molar-refractivity contribution in [2.75, 3.05) is 0 Å². The Labute approximate surface area is 74.4 Å². The molecule has 1 saturated carbocycles. The van der Waals surface area contributed by atoms with E-state index in [0.29, 0.717) is 6.04 Å². The van der Waals surface area contributed by atoms with Crippen molar-refractivity contribution >= 4 is 0 Å². The second-order valence-corrected chi connectivity index (χ2v) is 4.18. The smallest absolute Gasteiger partial charge is 0.0660 e. The van der Waals surface area contributed by atoms with E-state index in [2.05, 4.69) is 25.1 Å². The lowest BCUT2D eigenvalue weighted by Crippen LogP contribution is -2.61. The van der Waals surface area contributed by atoms with E-state index in [4.69, 9.17) is 6.42 Å². The number of hydrogen-bond donors (Lipinski definition) is 2. The molecule has 0 aromatic rings. The fourth-order valence-corrected chi connectivity index (χ4v) is 1.54. The molecule has 12 heavy (non-hydrogen) atoms.